The summed E-state index contributed by atoms with van der Waals surface area (Å²) in [7, 11) is -3.83. The third kappa shape index (κ3) is 2.41. The van der Waals surface area contributed by atoms with Crippen molar-refractivity contribution in [2.75, 3.05) is 6.26 Å². The molecule has 0 atom stereocenters. The predicted molar refractivity (Wildman–Crippen MR) is 62.6 cm³/mol. The minimum Gasteiger partial charge on any atom is -0.258 e. The van der Waals surface area contributed by atoms with Crippen LogP contribution < -0.4 is 0 Å². The quantitative estimate of drug-likeness (QED) is 0.619. The highest BCUT2D eigenvalue weighted by Crippen LogP contribution is 2.39. The smallest absolute Gasteiger partial charge is 0.258 e. The predicted octanol–water partition coefficient (Wildman–Crippen LogP) is 1.87. The third-order valence-corrected chi connectivity index (χ3v) is 3.80. The lowest BCUT2D eigenvalue weighted by atomic mass is 10.2. The first-order valence-electron chi connectivity index (χ1n) is 4.39. The molecule has 0 aliphatic carbocycles. The molecule has 0 bridgehead atoms. The highest BCUT2D eigenvalue weighted by atomic mass is 35.5. The molecule has 8 nitrogen and oxygen atoms in total. The van der Waals surface area contributed by atoms with E-state index in [1.165, 1.54) is 6.92 Å². The SMILES string of the molecule is Cc1c(S(C)(=O)=O)cc([N+](=O)[O-])c(Cl)c1[N+](=O)[O-]. The molecule has 0 saturated carbocycles. The van der Waals surface area contributed by atoms with Crippen molar-refractivity contribution in [3.8, 4) is 0 Å². The number of hydrogen-bond acceptors (Lipinski definition) is 6. The monoisotopic (exact) mass is 294 g/mol. The van der Waals surface area contributed by atoms with Crippen molar-refractivity contribution in [1.82, 2.24) is 0 Å². The van der Waals surface area contributed by atoms with Gasteiger partial charge in [0.15, 0.2) is 14.9 Å². The average Bonchev–Trinajstić information content (AvgIpc) is 2.13. The number of rotatable bonds is 3. The van der Waals surface area contributed by atoms with Crippen LogP contribution in [0.3, 0.4) is 0 Å². The Bertz CT molecular complexity index is 654. The van der Waals surface area contributed by atoms with Crippen LogP contribution in [-0.2, 0) is 9.84 Å². The van der Waals surface area contributed by atoms with E-state index in [0.29, 0.717) is 0 Å². The molecular weight excluding hydrogens is 288 g/mol. The van der Waals surface area contributed by atoms with Gasteiger partial charge >= 0.3 is 0 Å². The highest BCUT2D eigenvalue weighted by molar-refractivity contribution is 7.90. The molecule has 1 aromatic rings. The zero-order chi connectivity index (χ0) is 14.2. The summed E-state index contributed by atoms with van der Waals surface area (Å²) in [5.74, 6) is 0. The molecule has 0 unspecified atom stereocenters. The number of hydrogen-bond donors (Lipinski definition) is 0. The van der Waals surface area contributed by atoms with E-state index in [1.54, 1.807) is 0 Å². The molecule has 18 heavy (non-hydrogen) atoms. The topological polar surface area (TPSA) is 120 Å². The first-order chi connectivity index (χ1) is 8.07. The molecule has 0 fully saturated rings. The van der Waals surface area contributed by atoms with E-state index in [9.17, 15) is 28.6 Å². The number of nitrogens with zero attached hydrogens (tertiary/aromatic N) is 2. The fourth-order valence-electron chi connectivity index (χ4n) is 1.43. The summed E-state index contributed by atoms with van der Waals surface area (Å²) in [5.41, 5.74) is -1.81. The number of halogens is 1. The Morgan fingerprint density at radius 1 is 1.22 bits per heavy atom. The largest absolute Gasteiger partial charge is 0.299 e. The summed E-state index contributed by atoms with van der Waals surface area (Å²) >= 11 is 5.55. The van der Waals surface area contributed by atoms with Gasteiger partial charge in [-0.2, -0.15) is 0 Å². The molecular formula is C8H7ClN2O6S. The highest BCUT2D eigenvalue weighted by Gasteiger charge is 2.31. The molecule has 0 heterocycles. The van der Waals surface area contributed by atoms with Gasteiger partial charge in [-0.15, -0.1) is 0 Å². The molecule has 0 amide bonds. The van der Waals surface area contributed by atoms with Gasteiger partial charge in [0.25, 0.3) is 11.4 Å². The van der Waals surface area contributed by atoms with Crippen molar-refractivity contribution in [1.29, 1.82) is 0 Å². The first-order valence-corrected chi connectivity index (χ1v) is 6.66. The summed E-state index contributed by atoms with van der Waals surface area (Å²) in [4.78, 5) is 19.1. The minimum absolute atomic E-state index is 0.224. The van der Waals surface area contributed by atoms with Gasteiger partial charge in [-0.05, 0) is 6.92 Å². The molecule has 0 radical (unpaired) electrons. The molecule has 0 saturated heterocycles. The van der Waals surface area contributed by atoms with Crippen molar-refractivity contribution in [3.63, 3.8) is 0 Å². The summed E-state index contributed by atoms with van der Waals surface area (Å²) in [5, 5.41) is 20.8. The van der Waals surface area contributed by atoms with Crippen LogP contribution in [0.15, 0.2) is 11.0 Å². The van der Waals surface area contributed by atoms with Crippen LogP contribution in [-0.4, -0.2) is 24.5 Å². The van der Waals surface area contributed by atoms with E-state index in [-0.39, 0.29) is 5.56 Å². The van der Waals surface area contributed by atoms with Crippen molar-refractivity contribution in [2.45, 2.75) is 11.8 Å². The molecule has 1 aromatic carbocycles. The van der Waals surface area contributed by atoms with Gasteiger partial charge in [0.1, 0.15) is 0 Å². The van der Waals surface area contributed by atoms with Crippen molar-refractivity contribution < 1.29 is 18.3 Å². The Morgan fingerprint density at radius 2 is 1.72 bits per heavy atom. The normalized spacial score (nSPS) is 11.3. The molecule has 0 aliphatic rings. The maximum absolute atomic E-state index is 11.4. The zero-order valence-electron chi connectivity index (χ0n) is 9.21. The Labute approximate surface area is 106 Å². The van der Waals surface area contributed by atoms with E-state index in [1.807, 2.05) is 0 Å². The lowest BCUT2D eigenvalue weighted by Crippen LogP contribution is -2.06. The third-order valence-electron chi connectivity index (χ3n) is 2.20. The van der Waals surface area contributed by atoms with Crippen LogP contribution >= 0.6 is 11.6 Å². The van der Waals surface area contributed by atoms with E-state index in [0.717, 1.165) is 12.3 Å². The fraction of sp³-hybridized carbons (Fsp3) is 0.250. The van der Waals surface area contributed by atoms with Crippen LogP contribution in [0.2, 0.25) is 5.02 Å². The summed E-state index contributed by atoms with van der Waals surface area (Å²) in [6.07, 6.45) is 0.802. The van der Waals surface area contributed by atoms with Crippen LogP contribution in [0, 0.1) is 27.2 Å². The average molecular weight is 295 g/mol. The summed E-state index contributed by atoms with van der Waals surface area (Å²) in [6.45, 7) is 1.17. The molecule has 0 spiro atoms. The van der Waals surface area contributed by atoms with Gasteiger partial charge in [0.05, 0.1) is 14.7 Å². The van der Waals surface area contributed by atoms with E-state index in [2.05, 4.69) is 0 Å². The Morgan fingerprint density at radius 3 is 2.06 bits per heavy atom. The fourth-order valence-corrected chi connectivity index (χ4v) is 2.75. The van der Waals surface area contributed by atoms with Crippen molar-refractivity contribution in [3.05, 3.63) is 36.9 Å². The van der Waals surface area contributed by atoms with Crippen LogP contribution in [0.5, 0.6) is 0 Å². The van der Waals surface area contributed by atoms with Crippen LogP contribution in [0.25, 0.3) is 0 Å². The van der Waals surface area contributed by atoms with Crippen LogP contribution in [0.1, 0.15) is 5.56 Å². The summed E-state index contributed by atoms with van der Waals surface area (Å²) in [6, 6.07) is 0.722. The molecule has 0 aromatic heterocycles. The minimum atomic E-state index is -3.83. The number of sulfone groups is 1. The second-order valence-corrected chi connectivity index (χ2v) is 5.83. The molecule has 0 aliphatic heterocycles. The van der Waals surface area contributed by atoms with Crippen molar-refractivity contribution in [2.24, 2.45) is 0 Å². The second kappa shape index (κ2) is 4.50. The number of nitro benzene ring substituents is 2. The Kier molecular flexibility index (Phi) is 3.58. The Balaban J connectivity index is 3.90. The van der Waals surface area contributed by atoms with Gasteiger partial charge < -0.3 is 0 Å². The Hall–Kier alpha value is -1.74. The van der Waals surface area contributed by atoms with E-state index >= 15 is 0 Å². The first kappa shape index (κ1) is 14.3. The maximum Gasteiger partial charge on any atom is 0.299 e. The van der Waals surface area contributed by atoms with Gasteiger partial charge in [0.2, 0.25) is 0 Å². The lowest BCUT2D eigenvalue weighted by Gasteiger charge is -2.06. The lowest BCUT2D eigenvalue weighted by molar-refractivity contribution is -0.394. The maximum atomic E-state index is 11.4. The van der Waals surface area contributed by atoms with Crippen LogP contribution in [0.4, 0.5) is 11.4 Å². The molecule has 98 valence electrons. The summed E-state index contributed by atoms with van der Waals surface area (Å²) < 4.78 is 22.9. The molecule has 1 rings (SSSR count). The zero-order valence-corrected chi connectivity index (χ0v) is 10.8. The van der Waals surface area contributed by atoms with Gasteiger partial charge in [0, 0.05) is 17.9 Å². The van der Waals surface area contributed by atoms with Crippen molar-refractivity contribution >= 4 is 32.8 Å². The second-order valence-electron chi connectivity index (χ2n) is 3.47. The number of benzene rings is 1. The van der Waals surface area contributed by atoms with Gasteiger partial charge in [-0.1, -0.05) is 11.6 Å². The van der Waals surface area contributed by atoms with Gasteiger partial charge in [-0.3, -0.25) is 20.2 Å². The molecule has 0 N–H and O–H groups in total. The van der Waals surface area contributed by atoms with E-state index < -0.39 is 41.0 Å². The standard InChI is InChI=1S/C8H7ClN2O6S/c1-4-6(18(2,16)17)3-5(10(12)13)7(9)8(4)11(14)15/h3H,1-2H3. The van der Waals surface area contributed by atoms with Gasteiger partial charge in [-0.25, -0.2) is 8.42 Å². The molecule has 10 heteroatoms. The van der Waals surface area contributed by atoms with E-state index in [4.69, 9.17) is 11.6 Å². The number of nitro groups is 2.